The number of hydrogen-bond acceptors (Lipinski definition) is 2. The van der Waals surface area contributed by atoms with E-state index in [9.17, 15) is 31.1 Å². The average molecular weight is 272 g/mol. The molecule has 0 aromatic heterocycles. The van der Waals surface area contributed by atoms with Gasteiger partial charge in [-0.3, -0.25) is 4.79 Å². The van der Waals surface area contributed by atoms with E-state index in [0.29, 0.717) is 0 Å². The third kappa shape index (κ3) is 2.81. The topological polar surface area (TPSA) is 37.3 Å². The van der Waals surface area contributed by atoms with Gasteiger partial charge in [-0.05, 0) is 17.7 Å². The highest BCUT2D eigenvalue weighted by Gasteiger charge is 2.39. The van der Waals surface area contributed by atoms with Gasteiger partial charge in [0.1, 0.15) is 0 Å². The summed E-state index contributed by atoms with van der Waals surface area (Å²) in [6.45, 7) is -1.25. The van der Waals surface area contributed by atoms with E-state index in [-0.39, 0.29) is 18.4 Å². The first-order valence-corrected chi connectivity index (χ1v) is 4.48. The summed E-state index contributed by atoms with van der Waals surface area (Å²) < 4.78 is 74.8. The minimum atomic E-state index is -5.02. The molecule has 0 bridgehead atoms. The van der Waals surface area contributed by atoms with Crippen molar-refractivity contribution in [3.63, 3.8) is 0 Å². The Kier molecular flexibility index (Phi) is 3.70. The van der Waals surface area contributed by atoms with E-state index in [1.54, 1.807) is 0 Å². The molecular formula is C10H6F6O2. The van der Waals surface area contributed by atoms with E-state index in [1.165, 1.54) is 0 Å². The number of aldehydes is 1. The number of halogens is 6. The van der Waals surface area contributed by atoms with Crippen molar-refractivity contribution in [2.75, 3.05) is 0 Å². The van der Waals surface area contributed by atoms with Gasteiger partial charge in [-0.25, -0.2) is 0 Å². The molecule has 0 fully saturated rings. The van der Waals surface area contributed by atoms with Crippen LogP contribution in [0.1, 0.15) is 27.0 Å². The third-order valence-electron chi connectivity index (χ3n) is 2.16. The summed E-state index contributed by atoms with van der Waals surface area (Å²) in [5, 5.41) is 8.71. The van der Waals surface area contributed by atoms with Gasteiger partial charge in [0, 0.05) is 5.56 Å². The van der Waals surface area contributed by atoms with Crippen LogP contribution in [-0.4, -0.2) is 11.4 Å². The summed E-state index contributed by atoms with van der Waals surface area (Å²) in [6, 6.07) is 0.283. The van der Waals surface area contributed by atoms with Crippen LogP contribution >= 0.6 is 0 Å². The molecule has 1 N–H and O–H groups in total. The van der Waals surface area contributed by atoms with Gasteiger partial charge in [-0.1, -0.05) is 0 Å². The first-order valence-electron chi connectivity index (χ1n) is 4.48. The molecule has 18 heavy (non-hydrogen) atoms. The van der Waals surface area contributed by atoms with E-state index in [0.717, 1.165) is 0 Å². The van der Waals surface area contributed by atoms with Crippen molar-refractivity contribution in [1.82, 2.24) is 0 Å². The molecule has 0 atom stereocenters. The summed E-state index contributed by atoms with van der Waals surface area (Å²) in [5.74, 6) is 0. The lowest BCUT2D eigenvalue weighted by atomic mass is 9.97. The second-order valence-electron chi connectivity index (χ2n) is 3.37. The number of aliphatic hydroxyl groups excluding tert-OH is 1. The van der Waals surface area contributed by atoms with Gasteiger partial charge in [0.05, 0.1) is 17.7 Å². The zero-order valence-corrected chi connectivity index (χ0v) is 8.56. The smallest absolute Gasteiger partial charge is 0.392 e. The molecule has 2 nitrogen and oxygen atoms in total. The molecule has 0 radical (unpaired) electrons. The monoisotopic (exact) mass is 272 g/mol. The second-order valence-corrected chi connectivity index (χ2v) is 3.37. The molecule has 0 aliphatic rings. The maximum Gasteiger partial charge on any atom is 0.417 e. The maximum absolute atomic E-state index is 12.6. The van der Waals surface area contributed by atoms with Crippen molar-refractivity contribution in [3.8, 4) is 0 Å². The molecule has 0 aliphatic heterocycles. The highest BCUT2D eigenvalue weighted by Crippen LogP contribution is 2.38. The van der Waals surface area contributed by atoms with Crippen molar-refractivity contribution < 1.29 is 36.2 Å². The fourth-order valence-corrected chi connectivity index (χ4v) is 1.45. The quantitative estimate of drug-likeness (QED) is 0.663. The Labute approximate surface area is 96.8 Å². The molecule has 0 unspecified atom stereocenters. The molecule has 0 heterocycles. The van der Waals surface area contributed by atoms with E-state index in [2.05, 4.69) is 0 Å². The van der Waals surface area contributed by atoms with Crippen molar-refractivity contribution >= 4 is 6.29 Å². The zero-order chi connectivity index (χ0) is 14.1. The molecule has 0 aliphatic carbocycles. The van der Waals surface area contributed by atoms with Crippen molar-refractivity contribution in [2.45, 2.75) is 19.0 Å². The molecule has 0 saturated carbocycles. The summed E-state index contributed by atoms with van der Waals surface area (Å²) in [7, 11) is 0. The Morgan fingerprint density at radius 2 is 1.61 bits per heavy atom. The zero-order valence-electron chi connectivity index (χ0n) is 8.56. The first-order chi connectivity index (χ1) is 8.11. The Hall–Kier alpha value is -1.57. The minimum Gasteiger partial charge on any atom is -0.392 e. The predicted octanol–water partition coefficient (Wildman–Crippen LogP) is 3.03. The Bertz CT molecular complexity index is 461. The predicted molar refractivity (Wildman–Crippen MR) is 47.8 cm³/mol. The van der Waals surface area contributed by atoms with E-state index >= 15 is 0 Å². The molecule has 0 amide bonds. The van der Waals surface area contributed by atoms with Gasteiger partial charge in [0.25, 0.3) is 0 Å². The maximum atomic E-state index is 12.6. The van der Waals surface area contributed by atoms with Gasteiger partial charge in [-0.2, -0.15) is 26.3 Å². The van der Waals surface area contributed by atoms with Crippen LogP contribution in [0.15, 0.2) is 12.1 Å². The summed E-state index contributed by atoms with van der Waals surface area (Å²) in [4.78, 5) is 10.5. The van der Waals surface area contributed by atoms with E-state index in [1.807, 2.05) is 0 Å². The molecule has 0 saturated heterocycles. The molecule has 1 aromatic carbocycles. The number of alkyl halides is 6. The van der Waals surface area contributed by atoms with Crippen LogP contribution in [0.25, 0.3) is 0 Å². The highest BCUT2D eigenvalue weighted by molar-refractivity contribution is 5.79. The number of rotatable bonds is 2. The normalized spacial score (nSPS) is 12.6. The number of aliphatic hydroxyl groups is 1. The molecule has 1 rings (SSSR count). The summed E-state index contributed by atoms with van der Waals surface area (Å²) >= 11 is 0. The summed E-state index contributed by atoms with van der Waals surface area (Å²) in [6.07, 6.45) is -10.2. The van der Waals surface area contributed by atoms with Crippen molar-refractivity contribution in [2.24, 2.45) is 0 Å². The van der Waals surface area contributed by atoms with Crippen LogP contribution in [-0.2, 0) is 19.0 Å². The minimum absolute atomic E-state index is 0.106. The van der Waals surface area contributed by atoms with Crippen LogP contribution in [0, 0.1) is 0 Å². The van der Waals surface area contributed by atoms with Crippen molar-refractivity contribution in [3.05, 3.63) is 34.4 Å². The molecular weight excluding hydrogens is 266 g/mol. The largest absolute Gasteiger partial charge is 0.417 e. The van der Waals surface area contributed by atoms with Crippen LogP contribution < -0.4 is 0 Å². The van der Waals surface area contributed by atoms with Crippen molar-refractivity contribution in [1.29, 1.82) is 0 Å². The number of hydrogen-bond donors (Lipinski definition) is 1. The van der Waals surface area contributed by atoms with Crippen LogP contribution in [0.4, 0.5) is 26.3 Å². The average Bonchev–Trinajstić information content (AvgIpc) is 2.24. The highest BCUT2D eigenvalue weighted by atomic mass is 19.4. The SMILES string of the molecule is O=Cc1cc(C(F)(F)F)cc(CO)c1C(F)(F)F. The van der Waals surface area contributed by atoms with E-state index < -0.39 is 41.2 Å². The summed E-state index contributed by atoms with van der Waals surface area (Å²) in [5.41, 5.74) is -5.10. The number of carbonyl (C=O) groups excluding carboxylic acids is 1. The second kappa shape index (κ2) is 4.60. The standard InChI is InChI=1S/C10H6F6O2/c11-9(12,13)7-1-5(3-17)8(10(14,15)16)6(2-7)4-18/h1-3,18H,4H2. The van der Waals surface area contributed by atoms with Crippen LogP contribution in [0.5, 0.6) is 0 Å². The number of benzene rings is 1. The van der Waals surface area contributed by atoms with Gasteiger partial charge in [0.2, 0.25) is 0 Å². The number of carbonyl (C=O) groups is 1. The molecule has 100 valence electrons. The lowest BCUT2D eigenvalue weighted by Gasteiger charge is -2.16. The van der Waals surface area contributed by atoms with Crippen LogP contribution in [0.3, 0.4) is 0 Å². The van der Waals surface area contributed by atoms with Crippen LogP contribution in [0.2, 0.25) is 0 Å². The third-order valence-corrected chi connectivity index (χ3v) is 2.16. The van der Waals surface area contributed by atoms with Gasteiger partial charge in [0.15, 0.2) is 6.29 Å². The van der Waals surface area contributed by atoms with Gasteiger partial charge >= 0.3 is 12.4 Å². The molecule has 1 aromatic rings. The Morgan fingerprint density at radius 1 is 1.06 bits per heavy atom. The van der Waals surface area contributed by atoms with E-state index in [4.69, 9.17) is 5.11 Å². The molecule has 8 heteroatoms. The Balaban J connectivity index is 3.60. The fourth-order valence-electron chi connectivity index (χ4n) is 1.45. The Morgan fingerprint density at radius 3 is 1.94 bits per heavy atom. The molecule has 0 spiro atoms. The first kappa shape index (κ1) is 14.5. The lowest BCUT2D eigenvalue weighted by Crippen LogP contribution is -2.16. The lowest BCUT2D eigenvalue weighted by molar-refractivity contribution is -0.142. The van der Waals surface area contributed by atoms with Gasteiger partial charge < -0.3 is 5.11 Å². The van der Waals surface area contributed by atoms with Gasteiger partial charge in [-0.15, -0.1) is 0 Å². The fraction of sp³-hybridized carbons (Fsp3) is 0.300.